The lowest BCUT2D eigenvalue weighted by molar-refractivity contribution is -0.120. The predicted octanol–water partition coefficient (Wildman–Crippen LogP) is 3.82. The molecule has 1 aromatic rings. The molecule has 0 aromatic heterocycles. The van der Waals surface area contributed by atoms with Gasteiger partial charge in [0.05, 0.1) is 5.92 Å². The Labute approximate surface area is 132 Å². The molecule has 3 nitrogen and oxygen atoms in total. The first-order chi connectivity index (χ1) is 10.1. The van der Waals surface area contributed by atoms with Crippen LogP contribution in [0.2, 0.25) is 0 Å². The highest BCUT2D eigenvalue weighted by atomic mass is 32.2. The minimum atomic E-state index is 0.104. The molecule has 1 amide bonds. The number of nitrogens with one attached hydrogen (secondary N) is 2. The number of amides is 1. The Hall–Kier alpha value is -1.00. The highest BCUT2D eigenvalue weighted by Gasteiger charge is 2.21. The molecule has 0 aliphatic carbocycles. The van der Waals surface area contributed by atoms with Gasteiger partial charge in [-0.3, -0.25) is 4.79 Å². The van der Waals surface area contributed by atoms with Crippen molar-refractivity contribution < 1.29 is 4.79 Å². The van der Waals surface area contributed by atoms with E-state index in [-0.39, 0.29) is 11.8 Å². The molecule has 0 saturated carbocycles. The van der Waals surface area contributed by atoms with Gasteiger partial charge in [-0.2, -0.15) is 0 Å². The van der Waals surface area contributed by atoms with E-state index >= 15 is 0 Å². The van der Waals surface area contributed by atoms with E-state index in [2.05, 4.69) is 43.5 Å². The molecule has 116 valence electrons. The average molecular weight is 306 g/mol. The molecule has 2 unspecified atom stereocenters. The minimum Gasteiger partial charge on any atom is -0.326 e. The average Bonchev–Trinajstić information content (AvgIpc) is 2.50. The van der Waals surface area contributed by atoms with E-state index in [1.165, 1.54) is 4.90 Å². The fraction of sp³-hybridized carbons (Fsp3) is 0.588. The number of hydrogen-bond acceptors (Lipinski definition) is 3. The summed E-state index contributed by atoms with van der Waals surface area (Å²) in [5.41, 5.74) is 2.08. The van der Waals surface area contributed by atoms with Crippen molar-refractivity contribution in [3.8, 4) is 0 Å². The third-order valence-corrected chi connectivity index (χ3v) is 5.30. The molecule has 0 radical (unpaired) electrons. The maximum atomic E-state index is 12.3. The number of carbonyl (C=O) groups is 1. The predicted molar refractivity (Wildman–Crippen MR) is 91.0 cm³/mol. The van der Waals surface area contributed by atoms with Gasteiger partial charge in [-0.25, -0.2) is 0 Å². The van der Waals surface area contributed by atoms with Crippen LogP contribution < -0.4 is 10.6 Å². The van der Waals surface area contributed by atoms with Gasteiger partial charge < -0.3 is 10.6 Å². The summed E-state index contributed by atoms with van der Waals surface area (Å²) < 4.78 is 0. The number of aryl methyl sites for hydroxylation is 1. The first-order valence-electron chi connectivity index (χ1n) is 7.89. The molecule has 2 rings (SSSR count). The molecular weight excluding hydrogens is 280 g/mol. The van der Waals surface area contributed by atoms with Crippen LogP contribution in [-0.2, 0) is 4.79 Å². The number of benzene rings is 1. The summed E-state index contributed by atoms with van der Waals surface area (Å²) in [6.07, 6.45) is 3.23. The third kappa shape index (κ3) is 4.75. The summed E-state index contributed by atoms with van der Waals surface area (Å²) in [6, 6.07) is 6.32. The largest absolute Gasteiger partial charge is 0.326 e. The molecule has 4 heteroatoms. The van der Waals surface area contributed by atoms with Crippen molar-refractivity contribution in [3.63, 3.8) is 0 Å². The van der Waals surface area contributed by atoms with Crippen molar-refractivity contribution in [2.24, 2.45) is 5.92 Å². The summed E-state index contributed by atoms with van der Waals surface area (Å²) in [4.78, 5) is 13.5. The Morgan fingerprint density at radius 1 is 1.52 bits per heavy atom. The first-order valence-corrected chi connectivity index (χ1v) is 8.77. The Morgan fingerprint density at radius 2 is 2.33 bits per heavy atom. The van der Waals surface area contributed by atoms with Crippen LogP contribution in [0.25, 0.3) is 0 Å². The Morgan fingerprint density at radius 3 is 2.95 bits per heavy atom. The number of carbonyl (C=O) groups excluding carboxylic acids is 1. The van der Waals surface area contributed by atoms with Crippen LogP contribution in [0, 0.1) is 12.8 Å². The van der Waals surface area contributed by atoms with Crippen LogP contribution in [0.4, 0.5) is 5.69 Å². The van der Waals surface area contributed by atoms with E-state index in [4.69, 9.17) is 0 Å². The van der Waals surface area contributed by atoms with Crippen LogP contribution >= 0.6 is 11.8 Å². The van der Waals surface area contributed by atoms with Crippen LogP contribution in [0.15, 0.2) is 23.1 Å². The fourth-order valence-electron chi connectivity index (χ4n) is 2.48. The maximum absolute atomic E-state index is 12.3. The zero-order valence-electron chi connectivity index (χ0n) is 13.2. The first kappa shape index (κ1) is 16.4. The van der Waals surface area contributed by atoms with E-state index in [0.29, 0.717) is 5.25 Å². The van der Waals surface area contributed by atoms with E-state index in [1.54, 1.807) is 0 Å². The van der Waals surface area contributed by atoms with Gasteiger partial charge in [0, 0.05) is 22.4 Å². The van der Waals surface area contributed by atoms with Crippen molar-refractivity contribution in [3.05, 3.63) is 23.8 Å². The normalized spacial score (nSPS) is 20.0. The van der Waals surface area contributed by atoms with Gasteiger partial charge in [-0.15, -0.1) is 11.8 Å². The molecule has 1 saturated heterocycles. The molecule has 21 heavy (non-hydrogen) atoms. The van der Waals surface area contributed by atoms with Crippen molar-refractivity contribution in [2.45, 2.75) is 50.2 Å². The van der Waals surface area contributed by atoms with Gasteiger partial charge in [-0.1, -0.05) is 13.8 Å². The van der Waals surface area contributed by atoms with E-state index in [9.17, 15) is 4.79 Å². The molecular formula is C17H26N2OS. The molecule has 0 spiro atoms. The minimum absolute atomic E-state index is 0.104. The number of anilines is 1. The zero-order valence-corrected chi connectivity index (χ0v) is 14.1. The van der Waals surface area contributed by atoms with Crippen LogP contribution in [0.3, 0.4) is 0 Å². The number of piperidine rings is 1. The van der Waals surface area contributed by atoms with E-state index in [1.807, 2.05) is 17.8 Å². The lowest BCUT2D eigenvalue weighted by atomic mass is 9.98. The maximum Gasteiger partial charge on any atom is 0.228 e. The molecule has 1 fully saturated rings. The SMILES string of the molecule is CCC(C)Sc1ccc(NC(=O)C2CCCNC2)c(C)c1. The van der Waals surface area contributed by atoms with Gasteiger partial charge in [0.1, 0.15) is 0 Å². The van der Waals surface area contributed by atoms with E-state index in [0.717, 1.165) is 43.6 Å². The number of thioether (sulfide) groups is 1. The van der Waals surface area contributed by atoms with Crippen molar-refractivity contribution in [1.82, 2.24) is 5.32 Å². The monoisotopic (exact) mass is 306 g/mol. The second kappa shape index (κ2) is 7.85. The summed E-state index contributed by atoms with van der Waals surface area (Å²) in [6.45, 7) is 8.34. The zero-order chi connectivity index (χ0) is 15.2. The van der Waals surface area contributed by atoms with Gasteiger partial charge in [0.25, 0.3) is 0 Å². The second-order valence-electron chi connectivity index (χ2n) is 5.85. The summed E-state index contributed by atoms with van der Waals surface area (Å²) >= 11 is 1.89. The lowest BCUT2D eigenvalue weighted by Crippen LogP contribution is -2.37. The standard InChI is InChI=1S/C17H26N2OS/c1-4-13(3)21-15-7-8-16(12(2)10-15)19-17(20)14-6-5-9-18-11-14/h7-8,10,13-14,18H,4-6,9,11H2,1-3H3,(H,19,20). The topological polar surface area (TPSA) is 41.1 Å². The van der Waals surface area contributed by atoms with Gasteiger partial charge >= 0.3 is 0 Å². The second-order valence-corrected chi connectivity index (χ2v) is 7.36. The Balaban J connectivity index is 1.98. The van der Waals surface area contributed by atoms with Crippen LogP contribution in [0.1, 0.15) is 38.7 Å². The summed E-state index contributed by atoms with van der Waals surface area (Å²) in [7, 11) is 0. The van der Waals surface area contributed by atoms with Crippen molar-refractivity contribution in [2.75, 3.05) is 18.4 Å². The summed E-state index contributed by atoms with van der Waals surface area (Å²) in [5, 5.41) is 7.00. The number of hydrogen-bond donors (Lipinski definition) is 2. The molecule has 1 aliphatic heterocycles. The Kier molecular flexibility index (Phi) is 6.12. The third-order valence-electron chi connectivity index (χ3n) is 4.04. The summed E-state index contributed by atoms with van der Waals surface area (Å²) in [5.74, 6) is 0.250. The van der Waals surface area contributed by atoms with Crippen molar-refractivity contribution in [1.29, 1.82) is 0 Å². The fourth-order valence-corrected chi connectivity index (χ4v) is 3.50. The molecule has 2 atom stereocenters. The van der Waals surface area contributed by atoms with Crippen LogP contribution in [-0.4, -0.2) is 24.2 Å². The Bertz CT molecular complexity index is 484. The molecule has 1 aliphatic rings. The molecule has 0 bridgehead atoms. The smallest absolute Gasteiger partial charge is 0.228 e. The molecule has 2 N–H and O–H groups in total. The quantitative estimate of drug-likeness (QED) is 0.813. The molecule has 1 heterocycles. The van der Waals surface area contributed by atoms with Gasteiger partial charge in [0.15, 0.2) is 0 Å². The molecule has 1 aromatic carbocycles. The highest BCUT2D eigenvalue weighted by Crippen LogP contribution is 2.28. The lowest BCUT2D eigenvalue weighted by Gasteiger charge is -2.22. The van der Waals surface area contributed by atoms with Crippen LogP contribution in [0.5, 0.6) is 0 Å². The van der Waals surface area contributed by atoms with Crippen molar-refractivity contribution >= 4 is 23.4 Å². The van der Waals surface area contributed by atoms with E-state index < -0.39 is 0 Å². The van der Waals surface area contributed by atoms with Gasteiger partial charge in [-0.05, 0) is 56.5 Å². The van der Waals surface area contributed by atoms with Gasteiger partial charge in [0.2, 0.25) is 5.91 Å². The highest BCUT2D eigenvalue weighted by molar-refractivity contribution is 7.99. The number of rotatable bonds is 5.